The third kappa shape index (κ3) is 6.85. The van der Waals surface area contributed by atoms with Crippen LogP contribution in [0.25, 0.3) is 0 Å². The minimum absolute atomic E-state index is 0.209. The zero-order chi connectivity index (χ0) is 20.4. The summed E-state index contributed by atoms with van der Waals surface area (Å²) in [6.45, 7) is 5.85. The standard InChI is InChI=1S/C25H37NO2/c1-19-21(3)26-24(20(2)25(19)27)14-12-10-8-6-5-7-9-11-13-22-15-17-23(28-4)18-16-22/h15-18H,5-14H2,1-4H3,(H,26,27). The number of hydrogen-bond donors (Lipinski definition) is 1. The lowest BCUT2D eigenvalue weighted by atomic mass is 10.0. The number of rotatable bonds is 12. The van der Waals surface area contributed by atoms with Gasteiger partial charge in [0.25, 0.3) is 0 Å². The zero-order valence-corrected chi connectivity index (χ0v) is 18.2. The van der Waals surface area contributed by atoms with Crippen molar-refractivity contribution in [3.05, 3.63) is 62.6 Å². The molecule has 0 aliphatic rings. The maximum Gasteiger partial charge on any atom is 0.187 e. The predicted octanol–water partition coefficient (Wildman–Crippen LogP) is 6.21. The summed E-state index contributed by atoms with van der Waals surface area (Å²) in [6.07, 6.45) is 12.4. The van der Waals surface area contributed by atoms with Gasteiger partial charge >= 0.3 is 0 Å². The molecule has 0 aliphatic heterocycles. The molecule has 1 heterocycles. The van der Waals surface area contributed by atoms with Crippen molar-refractivity contribution >= 4 is 0 Å². The van der Waals surface area contributed by atoms with Gasteiger partial charge in [-0.15, -0.1) is 0 Å². The second-order valence-electron chi connectivity index (χ2n) is 7.98. The fraction of sp³-hybridized carbons (Fsp3) is 0.560. The molecule has 3 nitrogen and oxygen atoms in total. The van der Waals surface area contributed by atoms with E-state index in [0.717, 1.165) is 47.5 Å². The summed E-state index contributed by atoms with van der Waals surface area (Å²) in [7, 11) is 1.71. The van der Waals surface area contributed by atoms with E-state index in [-0.39, 0.29) is 5.43 Å². The quantitative estimate of drug-likeness (QED) is 0.442. The van der Waals surface area contributed by atoms with Crippen molar-refractivity contribution in [3.8, 4) is 5.75 Å². The Hall–Kier alpha value is -2.03. The van der Waals surface area contributed by atoms with E-state index in [0.29, 0.717) is 0 Å². The number of unbranched alkanes of at least 4 members (excludes halogenated alkanes) is 7. The van der Waals surface area contributed by atoms with E-state index in [4.69, 9.17) is 4.74 Å². The Morgan fingerprint density at radius 2 is 1.29 bits per heavy atom. The Kier molecular flexibility index (Phi) is 9.33. The molecule has 28 heavy (non-hydrogen) atoms. The van der Waals surface area contributed by atoms with Gasteiger partial charge in [-0.25, -0.2) is 0 Å². The van der Waals surface area contributed by atoms with Crippen LogP contribution in [0, 0.1) is 20.8 Å². The number of methoxy groups -OCH3 is 1. The molecule has 0 unspecified atom stereocenters. The van der Waals surface area contributed by atoms with Crippen LogP contribution in [0.3, 0.4) is 0 Å². The minimum atomic E-state index is 0.209. The first-order chi connectivity index (χ1) is 13.5. The Bertz CT molecular complexity index is 774. The van der Waals surface area contributed by atoms with Gasteiger partial charge < -0.3 is 9.72 Å². The van der Waals surface area contributed by atoms with E-state index >= 15 is 0 Å². The van der Waals surface area contributed by atoms with Crippen molar-refractivity contribution in [2.24, 2.45) is 0 Å². The molecule has 0 aliphatic carbocycles. The lowest BCUT2D eigenvalue weighted by molar-refractivity contribution is 0.414. The highest BCUT2D eigenvalue weighted by Crippen LogP contribution is 2.16. The number of pyridine rings is 1. The Morgan fingerprint density at radius 1 is 0.750 bits per heavy atom. The number of aromatic nitrogens is 1. The number of aryl methyl sites for hydroxylation is 3. The summed E-state index contributed by atoms with van der Waals surface area (Å²) in [6, 6.07) is 8.43. The van der Waals surface area contributed by atoms with Gasteiger partial charge in [0.15, 0.2) is 5.43 Å². The first-order valence-corrected chi connectivity index (χ1v) is 10.8. The van der Waals surface area contributed by atoms with Gasteiger partial charge in [-0.2, -0.15) is 0 Å². The molecule has 0 amide bonds. The molecule has 1 aromatic carbocycles. The van der Waals surface area contributed by atoms with Gasteiger partial charge in [0.05, 0.1) is 7.11 Å². The van der Waals surface area contributed by atoms with Crippen LogP contribution >= 0.6 is 0 Å². The van der Waals surface area contributed by atoms with Crippen molar-refractivity contribution in [3.63, 3.8) is 0 Å². The van der Waals surface area contributed by atoms with E-state index in [9.17, 15) is 4.79 Å². The van der Waals surface area contributed by atoms with Gasteiger partial charge in [0.2, 0.25) is 0 Å². The molecule has 1 aromatic heterocycles. The van der Waals surface area contributed by atoms with E-state index in [1.807, 2.05) is 32.9 Å². The Morgan fingerprint density at radius 3 is 1.86 bits per heavy atom. The van der Waals surface area contributed by atoms with Crippen molar-refractivity contribution in [1.82, 2.24) is 4.98 Å². The summed E-state index contributed by atoms with van der Waals surface area (Å²) < 4.78 is 5.20. The van der Waals surface area contributed by atoms with Crippen molar-refractivity contribution < 1.29 is 4.74 Å². The van der Waals surface area contributed by atoms with E-state index < -0.39 is 0 Å². The van der Waals surface area contributed by atoms with E-state index in [1.54, 1.807) is 7.11 Å². The zero-order valence-electron chi connectivity index (χ0n) is 18.2. The molecule has 0 saturated heterocycles. The second-order valence-corrected chi connectivity index (χ2v) is 7.98. The van der Waals surface area contributed by atoms with Crippen LogP contribution in [0.15, 0.2) is 29.1 Å². The maximum atomic E-state index is 12.2. The molecule has 2 aromatic rings. The Balaban J connectivity index is 1.51. The summed E-state index contributed by atoms with van der Waals surface area (Å²) >= 11 is 0. The summed E-state index contributed by atoms with van der Waals surface area (Å²) in [5, 5.41) is 0. The topological polar surface area (TPSA) is 42.1 Å². The molecule has 0 radical (unpaired) electrons. The van der Waals surface area contributed by atoms with Crippen LogP contribution in [-0.2, 0) is 12.8 Å². The molecule has 3 heteroatoms. The monoisotopic (exact) mass is 383 g/mol. The van der Waals surface area contributed by atoms with Crippen LogP contribution in [0.5, 0.6) is 5.75 Å². The van der Waals surface area contributed by atoms with Gasteiger partial charge in [0, 0.05) is 22.5 Å². The van der Waals surface area contributed by atoms with E-state index in [2.05, 4.69) is 17.1 Å². The number of hydrogen-bond acceptors (Lipinski definition) is 2. The third-order valence-corrected chi connectivity index (χ3v) is 5.84. The highest BCUT2D eigenvalue weighted by Gasteiger charge is 2.07. The number of H-pyrrole nitrogens is 1. The normalized spacial score (nSPS) is 11.0. The molecule has 2 rings (SSSR count). The van der Waals surface area contributed by atoms with Gasteiger partial charge in [-0.1, -0.05) is 50.7 Å². The molecule has 0 bridgehead atoms. The van der Waals surface area contributed by atoms with Crippen LogP contribution < -0.4 is 10.2 Å². The van der Waals surface area contributed by atoms with Gasteiger partial charge in [-0.05, 0) is 64.2 Å². The summed E-state index contributed by atoms with van der Waals surface area (Å²) in [5.74, 6) is 0.933. The van der Waals surface area contributed by atoms with Crippen LogP contribution in [-0.4, -0.2) is 12.1 Å². The van der Waals surface area contributed by atoms with Crippen molar-refractivity contribution in [1.29, 1.82) is 0 Å². The molecule has 154 valence electrons. The first kappa shape index (κ1) is 22.3. The highest BCUT2D eigenvalue weighted by molar-refractivity contribution is 5.28. The van der Waals surface area contributed by atoms with E-state index in [1.165, 1.54) is 50.5 Å². The third-order valence-electron chi connectivity index (χ3n) is 5.84. The number of ether oxygens (including phenoxy) is 1. The lowest BCUT2D eigenvalue weighted by Crippen LogP contribution is -2.16. The fourth-order valence-corrected chi connectivity index (χ4v) is 3.74. The van der Waals surface area contributed by atoms with Crippen molar-refractivity contribution in [2.75, 3.05) is 7.11 Å². The first-order valence-electron chi connectivity index (χ1n) is 10.8. The molecule has 0 atom stereocenters. The fourth-order valence-electron chi connectivity index (χ4n) is 3.74. The maximum absolute atomic E-state index is 12.2. The average molecular weight is 384 g/mol. The molecule has 0 spiro atoms. The highest BCUT2D eigenvalue weighted by atomic mass is 16.5. The smallest absolute Gasteiger partial charge is 0.187 e. The van der Waals surface area contributed by atoms with Crippen LogP contribution in [0.4, 0.5) is 0 Å². The average Bonchev–Trinajstić information content (AvgIpc) is 2.71. The summed E-state index contributed by atoms with van der Waals surface area (Å²) in [5.41, 5.74) is 5.52. The molecule has 1 N–H and O–H groups in total. The molecule has 0 saturated carbocycles. The van der Waals surface area contributed by atoms with Crippen molar-refractivity contribution in [2.45, 2.75) is 85.0 Å². The number of benzene rings is 1. The van der Waals surface area contributed by atoms with Gasteiger partial charge in [0.1, 0.15) is 5.75 Å². The van der Waals surface area contributed by atoms with Crippen LogP contribution in [0.2, 0.25) is 0 Å². The Labute approximate surface area is 170 Å². The van der Waals surface area contributed by atoms with Gasteiger partial charge in [-0.3, -0.25) is 4.79 Å². The largest absolute Gasteiger partial charge is 0.497 e. The lowest BCUT2D eigenvalue weighted by Gasteiger charge is -2.09. The predicted molar refractivity (Wildman–Crippen MR) is 119 cm³/mol. The number of nitrogens with one attached hydrogen (secondary N) is 1. The summed E-state index contributed by atoms with van der Waals surface area (Å²) in [4.78, 5) is 15.6. The second kappa shape index (κ2) is 11.7. The minimum Gasteiger partial charge on any atom is -0.497 e. The molecular weight excluding hydrogens is 346 g/mol. The molecular formula is C25H37NO2. The SMILES string of the molecule is COc1ccc(CCCCCCCCCCc2[nH]c(C)c(C)c(=O)c2C)cc1. The molecule has 0 fully saturated rings. The number of aromatic amines is 1. The van der Waals surface area contributed by atoms with Crippen LogP contribution in [0.1, 0.15) is 79.4 Å².